The number of amides is 1. The molecule has 0 saturated heterocycles. The zero-order valence-corrected chi connectivity index (χ0v) is 26.9. The second kappa shape index (κ2) is 31.5. The minimum absolute atomic E-state index is 0.380. The van der Waals surface area contributed by atoms with Gasteiger partial charge in [0.1, 0.15) is 6.10 Å². The van der Waals surface area contributed by atoms with Crippen LogP contribution >= 0.6 is 0 Å². The molecule has 0 saturated carbocycles. The molecule has 5 nitrogen and oxygen atoms in total. The van der Waals surface area contributed by atoms with Crippen LogP contribution in [0.15, 0.2) is 36.5 Å². The number of rotatable bonds is 30. The topological polar surface area (TPSA) is 89.8 Å². The number of aliphatic hydroxyl groups is 3. The highest BCUT2D eigenvalue weighted by Gasteiger charge is 2.22. The summed E-state index contributed by atoms with van der Waals surface area (Å²) in [4.78, 5) is 12.3. The van der Waals surface area contributed by atoms with Crippen LogP contribution in [0.5, 0.6) is 0 Å². The lowest BCUT2D eigenvalue weighted by Gasteiger charge is -2.21. The quantitative estimate of drug-likeness (QED) is 0.0507. The van der Waals surface area contributed by atoms with Crippen molar-refractivity contribution in [1.29, 1.82) is 0 Å². The number of carbonyl (C=O) groups excluding carboxylic acids is 1. The highest BCUT2D eigenvalue weighted by atomic mass is 16.3. The van der Waals surface area contributed by atoms with E-state index in [-0.39, 0.29) is 6.61 Å². The minimum atomic E-state index is -1.11. The summed E-state index contributed by atoms with van der Waals surface area (Å²) in [5, 5.41) is 32.8. The van der Waals surface area contributed by atoms with Crippen molar-refractivity contribution >= 4 is 5.91 Å². The molecule has 0 aromatic carbocycles. The Morgan fingerprint density at radius 2 is 1.00 bits per heavy atom. The Labute approximate surface area is 254 Å². The first-order valence-electron chi connectivity index (χ1n) is 17.3. The molecule has 0 aromatic rings. The number of aliphatic hydroxyl groups excluding tert-OH is 3. The summed E-state index contributed by atoms with van der Waals surface area (Å²) >= 11 is 0. The van der Waals surface area contributed by atoms with Gasteiger partial charge < -0.3 is 20.6 Å². The maximum absolute atomic E-state index is 12.3. The fraction of sp³-hybridized carbons (Fsp3) is 0.806. The van der Waals surface area contributed by atoms with E-state index < -0.39 is 24.2 Å². The van der Waals surface area contributed by atoms with Gasteiger partial charge in [-0.1, -0.05) is 140 Å². The molecule has 0 aliphatic carbocycles. The van der Waals surface area contributed by atoms with Gasteiger partial charge >= 0.3 is 0 Å². The number of unbranched alkanes of at least 4 members (excludes halogenated alkanes) is 18. The molecular weight excluding hydrogens is 510 g/mol. The Morgan fingerprint density at radius 3 is 1.54 bits per heavy atom. The van der Waals surface area contributed by atoms with Crippen molar-refractivity contribution in [2.24, 2.45) is 0 Å². The number of allylic oxidation sites excluding steroid dienone is 5. The largest absolute Gasteiger partial charge is 0.394 e. The van der Waals surface area contributed by atoms with Crippen LogP contribution in [0, 0.1) is 0 Å². The summed E-state index contributed by atoms with van der Waals surface area (Å²) < 4.78 is 0. The fourth-order valence-electron chi connectivity index (χ4n) is 4.90. The van der Waals surface area contributed by atoms with Crippen LogP contribution in [0.3, 0.4) is 0 Å². The van der Waals surface area contributed by atoms with E-state index >= 15 is 0 Å². The van der Waals surface area contributed by atoms with E-state index in [1.165, 1.54) is 89.9 Å². The van der Waals surface area contributed by atoms with E-state index in [1.807, 2.05) is 6.08 Å². The Morgan fingerprint density at radius 1 is 0.585 bits per heavy atom. The van der Waals surface area contributed by atoms with E-state index in [1.54, 1.807) is 6.08 Å². The first-order chi connectivity index (χ1) is 20.1. The highest BCUT2D eigenvalue weighted by molar-refractivity contribution is 5.80. The molecule has 240 valence electrons. The van der Waals surface area contributed by atoms with Crippen LogP contribution < -0.4 is 5.32 Å². The van der Waals surface area contributed by atoms with Gasteiger partial charge in [0.05, 0.1) is 18.8 Å². The molecule has 0 spiro atoms. The molecule has 0 fully saturated rings. The maximum Gasteiger partial charge on any atom is 0.249 e. The van der Waals surface area contributed by atoms with Crippen molar-refractivity contribution in [3.63, 3.8) is 0 Å². The third-order valence-corrected chi connectivity index (χ3v) is 7.70. The molecule has 0 aromatic heterocycles. The van der Waals surface area contributed by atoms with Crippen molar-refractivity contribution < 1.29 is 20.1 Å². The van der Waals surface area contributed by atoms with Gasteiger partial charge in [-0.15, -0.1) is 0 Å². The minimum Gasteiger partial charge on any atom is -0.394 e. The zero-order chi connectivity index (χ0) is 30.2. The number of hydrogen-bond acceptors (Lipinski definition) is 4. The molecule has 3 unspecified atom stereocenters. The summed E-state index contributed by atoms with van der Waals surface area (Å²) in [6.07, 6.45) is 37.3. The van der Waals surface area contributed by atoms with E-state index in [0.29, 0.717) is 6.42 Å². The smallest absolute Gasteiger partial charge is 0.249 e. The van der Waals surface area contributed by atoms with Crippen molar-refractivity contribution in [3.8, 4) is 0 Å². The van der Waals surface area contributed by atoms with Crippen molar-refractivity contribution in [1.82, 2.24) is 5.32 Å². The van der Waals surface area contributed by atoms with Crippen molar-refractivity contribution in [2.45, 2.75) is 180 Å². The van der Waals surface area contributed by atoms with E-state index in [9.17, 15) is 20.1 Å². The van der Waals surface area contributed by atoms with Crippen LogP contribution in [0.2, 0.25) is 0 Å². The Kier molecular flexibility index (Phi) is 30.4. The maximum atomic E-state index is 12.3. The van der Waals surface area contributed by atoms with Crippen molar-refractivity contribution in [3.05, 3.63) is 36.5 Å². The van der Waals surface area contributed by atoms with Crippen LogP contribution in [0.4, 0.5) is 0 Å². The monoisotopic (exact) mass is 578 g/mol. The van der Waals surface area contributed by atoms with Crippen LogP contribution in [0.1, 0.15) is 162 Å². The first kappa shape index (κ1) is 39.6. The summed E-state index contributed by atoms with van der Waals surface area (Å²) in [7, 11) is 0. The van der Waals surface area contributed by atoms with Gasteiger partial charge in [-0.05, 0) is 57.8 Å². The molecule has 41 heavy (non-hydrogen) atoms. The van der Waals surface area contributed by atoms with Gasteiger partial charge in [-0.2, -0.15) is 0 Å². The lowest BCUT2D eigenvalue weighted by Crippen LogP contribution is -2.48. The normalized spacial score (nSPS) is 14.4. The molecular formula is C36H67NO4. The van der Waals surface area contributed by atoms with Gasteiger partial charge in [-0.25, -0.2) is 0 Å². The number of nitrogens with one attached hydrogen (secondary N) is 1. The highest BCUT2D eigenvalue weighted by Crippen LogP contribution is 2.12. The van der Waals surface area contributed by atoms with Crippen molar-refractivity contribution in [2.75, 3.05) is 6.61 Å². The van der Waals surface area contributed by atoms with E-state index in [2.05, 4.69) is 43.5 Å². The molecule has 0 rings (SSSR count). The molecule has 0 aliphatic heterocycles. The Balaban J connectivity index is 3.85. The predicted molar refractivity (Wildman–Crippen MR) is 176 cm³/mol. The van der Waals surface area contributed by atoms with Gasteiger partial charge in [0, 0.05) is 0 Å². The SMILES string of the molecule is CCCCC/C=C\CCCCCCC(O)C(=O)NC(CO)C(O)/C=C/CC/C=C/CCCCCCCCCCCC. The molecule has 0 radical (unpaired) electrons. The predicted octanol–water partition coefficient (Wildman–Crippen LogP) is 8.87. The molecule has 0 heterocycles. The third-order valence-electron chi connectivity index (χ3n) is 7.70. The molecule has 3 atom stereocenters. The average Bonchev–Trinajstić information content (AvgIpc) is 2.98. The molecule has 5 heteroatoms. The summed E-state index contributed by atoms with van der Waals surface area (Å²) in [6.45, 7) is 4.10. The summed E-state index contributed by atoms with van der Waals surface area (Å²) in [6, 6.07) is -0.815. The average molecular weight is 578 g/mol. The Bertz CT molecular complexity index is 645. The zero-order valence-electron chi connectivity index (χ0n) is 26.9. The molecule has 1 amide bonds. The van der Waals surface area contributed by atoms with Gasteiger partial charge in [0.25, 0.3) is 0 Å². The summed E-state index contributed by atoms with van der Waals surface area (Å²) in [5.74, 6) is -0.526. The third kappa shape index (κ3) is 27.2. The molecule has 0 aliphatic rings. The number of carbonyl (C=O) groups is 1. The van der Waals surface area contributed by atoms with E-state index in [4.69, 9.17) is 0 Å². The Hall–Kier alpha value is -1.43. The van der Waals surface area contributed by atoms with Gasteiger partial charge in [-0.3, -0.25) is 4.79 Å². The molecule has 0 bridgehead atoms. The first-order valence-corrected chi connectivity index (χ1v) is 17.3. The number of hydrogen-bond donors (Lipinski definition) is 4. The second-order valence-corrected chi connectivity index (χ2v) is 11.7. The lowest BCUT2D eigenvalue weighted by molar-refractivity contribution is -0.131. The van der Waals surface area contributed by atoms with Crippen LogP contribution in [0.25, 0.3) is 0 Å². The fourth-order valence-corrected chi connectivity index (χ4v) is 4.90. The van der Waals surface area contributed by atoms with Gasteiger partial charge in [0.15, 0.2) is 0 Å². The van der Waals surface area contributed by atoms with Gasteiger partial charge in [0.2, 0.25) is 5.91 Å². The lowest BCUT2D eigenvalue weighted by atomic mass is 10.1. The second-order valence-electron chi connectivity index (χ2n) is 11.7. The van der Waals surface area contributed by atoms with Crippen LogP contribution in [-0.2, 0) is 4.79 Å². The van der Waals surface area contributed by atoms with E-state index in [0.717, 1.165) is 51.4 Å². The van der Waals surface area contributed by atoms with Crippen LogP contribution in [-0.4, -0.2) is 46.1 Å². The summed E-state index contributed by atoms with van der Waals surface area (Å²) in [5.41, 5.74) is 0. The standard InChI is InChI=1S/C36H67NO4/c1-3-5-7-9-11-13-15-16-17-18-19-21-22-24-26-28-30-34(39)33(32-38)37-36(41)35(40)31-29-27-25-23-20-14-12-10-8-6-4-2/h12,14,21-22,28,30,33-35,38-40H,3-11,13,15-20,23-27,29,31-32H2,1-2H3,(H,37,41)/b14-12-,22-21+,30-28+. The molecule has 4 N–H and O–H groups in total.